The van der Waals surface area contributed by atoms with Gasteiger partial charge in [-0.2, -0.15) is 0 Å². The van der Waals surface area contributed by atoms with E-state index >= 15 is 0 Å². The predicted octanol–water partition coefficient (Wildman–Crippen LogP) is 15.1. The molecule has 0 unspecified atom stereocenters. The van der Waals surface area contributed by atoms with Gasteiger partial charge >= 0.3 is 0 Å². The molecule has 11 aromatic rings. The molecular formula is C53H34O2. The van der Waals surface area contributed by atoms with E-state index in [1.807, 2.05) is 24.3 Å². The van der Waals surface area contributed by atoms with Gasteiger partial charge in [-0.3, -0.25) is 0 Å². The fraction of sp³-hybridized carbons (Fsp3) is 0.0566. The average Bonchev–Trinajstić information content (AvgIpc) is 3.86. The zero-order chi connectivity index (χ0) is 36.4. The first-order valence-corrected chi connectivity index (χ1v) is 19.1. The quantitative estimate of drug-likeness (QED) is 0.171. The minimum Gasteiger partial charge on any atom is -0.456 e. The first-order valence-electron chi connectivity index (χ1n) is 19.1. The molecule has 0 aliphatic heterocycles. The summed E-state index contributed by atoms with van der Waals surface area (Å²) in [5.41, 5.74) is 16.0. The SMILES string of the molecule is CC1(C)c2ccccc2-c2cccc(-c3c4cccc(-c5ccc6c(c5)oc5ccccc56)c4cc4c(-c5ccc6c(c5)oc5ccccc56)cccc34)c21. The van der Waals surface area contributed by atoms with Crippen LogP contribution < -0.4 is 0 Å². The molecule has 2 heterocycles. The van der Waals surface area contributed by atoms with Crippen molar-refractivity contribution in [1.29, 1.82) is 0 Å². The fourth-order valence-electron chi connectivity index (χ4n) is 9.80. The number of benzene rings is 9. The number of hydrogen-bond acceptors (Lipinski definition) is 2. The topological polar surface area (TPSA) is 26.3 Å². The molecule has 0 atom stereocenters. The van der Waals surface area contributed by atoms with Crippen LogP contribution in [0, 0.1) is 0 Å². The third-order valence-electron chi connectivity index (χ3n) is 12.3. The summed E-state index contributed by atoms with van der Waals surface area (Å²) in [6.07, 6.45) is 0. The van der Waals surface area contributed by atoms with Gasteiger partial charge in [-0.15, -0.1) is 0 Å². The van der Waals surface area contributed by atoms with Crippen molar-refractivity contribution in [2.24, 2.45) is 0 Å². The maximum Gasteiger partial charge on any atom is 0.136 e. The van der Waals surface area contributed by atoms with Crippen LogP contribution in [-0.2, 0) is 5.41 Å². The van der Waals surface area contributed by atoms with Crippen molar-refractivity contribution in [3.8, 4) is 44.5 Å². The Labute approximate surface area is 317 Å². The van der Waals surface area contributed by atoms with Gasteiger partial charge in [0.2, 0.25) is 0 Å². The van der Waals surface area contributed by atoms with Gasteiger partial charge in [0.1, 0.15) is 22.3 Å². The maximum atomic E-state index is 6.42. The highest BCUT2D eigenvalue weighted by atomic mass is 16.3. The molecule has 1 aliphatic rings. The number of hydrogen-bond donors (Lipinski definition) is 0. The Morgan fingerprint density at radius 2 is 0.782 bits per heavy atom. The fourth-order valence-corrected chi connectivity index (χ4v) is 9.80. The average molecular weight is 703 g/mol. The molecule has 0 saturated heterocycles. The van der Waals surface area contributed by atoms with E-state index in [9.17, 15) is 0 Å². The van der Waals surface area contributed by atoms with E-state index in [0.29, 0.717) is 0 Å². The van der Waals surface area contributed by atoms with Crippen molar-refractivity contribution in [2.45, 2.75) is 19.3 Å². The molecule has 2 aromatic heterocycles. The van der Waals surface area contributed by atoms with E-state index in [1.165, 1.54) is 66.1 Å². The smallest absolute Gasteiger partial charge is 0.136 e. The summed E-state index contributed by atoms with van der Waals surface area (Å²) in [4.78, 5) is 0. The first-order chi connectivity index (χ1) is 27.0. The molecular weight excluding hydrogens is 669 g/mol. The minimum absolute atomic E-state index is 0.176. The maximum absolute atomic E-state index is 6.42. The molecule has 2 heteroatoms. The van der Waals surface area contributed by atoms with Crippen LogP contribution in [0.5, 0.6) is 0 Å². The van der Waals surface area contributed by atoms with Crippen LogP contribution in [0.25, 0.3) is 110 Å². The molecule has 0 radical (unpaired) electrons. The highest BCUT2D eigenvalue weighted by Gasteiger charge is 2.38. The lowest BCUT2D eigenvalue weighted by molar-refractivity contribution is 0.662. The summed E-state index contributed by atoms with van der Waals surface area (Å²) in [7, 11) is 0. The molecule has 55 heavy (non-hydrogen) atoms. The van der Waals surface area contributed by atoms with E-state index in [4.69, 9.17) is 8.83 Å². The standard InChI is InChI=1S/C53H34O2/c1-53(2)46-21-6-3-12-35(46)42-19-11-20-43(52(42)53)51-40-17-9-15-33(31-24-26-38-36-13-4-7-22-47(36)54-49(38)28-31)44(40)30-45-34(16-10-18-41(45)51)32-25-27-39-37-14-5-8-23-48(37)55-50(39)29-32/h3-30H,1-2H3. The molecule has 0 saturated carbocycles. The van der Waals surface area contributed by atoms with Gasteiger partial charge in [0.15, 0.2) is 0 Å². The molecule has 0 N–H and O–H groups in total. The number of fused-ring (bicyclic) bond motifs is 11. The second kappa shape index (κ2) is 11.1. The van der Waals surface area contributed by atoms with Crippen molar-refractivity contribution in [2.75, 3.05) is 0 Å². The van der Waals surface area contributed by atoms with Gasteiger partial charge in [0.05, 0.1) is 0 Å². The Balaban J connectivity index is 1.18. The zero-order valence-corrected chi connectivity index (χ0v) is 30.5. The summed E-state index contributed by atoms with van der Waals surface area (Å²) in [5.74, 6) is 0. The van der Waals surface area contributed by atoms with Crippen LogP contribution in [0.1, 0.15) is 25.0 Å². The van der Waals surface area contributed by atoms with E-state index in [0.717, 1.165) is 55.0 Å². The second-order valence-corrected chi connectivity index (χ2v) is 15.6. The van der Waals surface area contributed by atoms with Crippen molar-refractivity contribution < 1.29 is 8.83 Å². The van der Waals surface area contributed by atoms with Gasteiger partial charge in [0, 0.05) is 27.0 Å². The molecule has 2 nitrogen and oxygen atoms in total. The monoisotopic (exact) mass is 702 g/mol. The van der Waals surface area contributed by atoms with Crippen LogP contribution in [0.15, 0.2) is 179 Å². The Kier molecular flexibility index (Phi) is 6.15. The highest BCUT2D eigenvalue weighted by molar-refractivity contribution is 6.20. The number of para-hydroxylation sites is 2. The lowest BCUT2D eigenvalue weighted by Gasteiger charge is -2.26. The molecule has 0 amide bonds. The van der Waals surface area contributed by atoms with Crippen LogP contribution in [0.4, 0.5) is 0 Å². The molecule has 258 valence electrons. The summed E-state index contributed by atoms with van der Waals surface area (Å²) in [6.45, 7) is 4.77. The van der Waals surface area contributed by atoms with Gasteiger partial charge in [0.25, 0.3) is 0 Å². The van der Waals surface area contributed by atoms with Crippen LogP contribution >= 0.6 is 0 Å². The van der Waals surface area contributed by atoms with Gasteiger partial charge in [-0.1, -0.05) is 141 Å². The summed E-state index contributed by atoms with van der Waals surface area (Å²) in [6, 6.07) is 61.8. The largest absolute Gasteiger partial charge is 0.456 e. The third-order valence-corrected chi connectivity index (χ3v) is 12.3. The molecule has 0 bridgehead atoms. The van der Waals surface area contributed by atoms with Crippen molar-refractivity contribution in [1.82, 2.24) is 0 Å². The number of furan rings is 2. The van der Waals surface area contributed by atoms with Gasteiger partial charge in [-0.25, -0.2) is 0 Å². The first kappa shape index (κ1) is 30.6. The molecule has 0 fully saturated rings. The highest BCUT2D eigenvalue weighted by Crippen LogP contribution is 2.54. The summed E-state index contributed by atoms with van der Waals surface area (Å²) >= 11 is 0. The van der Waals surface area contributed by atoms with Crippen LogP contribution in [0.3, 0.4) is 0 Å². The third kappa shape index (κ3) is 4.25. The zero-order valence-electron chi connectivity index (χ0n) is 30.5. The minimum atomic E-state index is -0.176. The summed E-state index contributed by atoms with van der Waals surface area (Å²) in [5, 5.41) is 9.45. The molecule has 1 aliphatic carbocycles. The van der Waals surface area contributed by atoms with Crippen molar-refractivity contribution >= 4 is 65.4 Å². The Morgan fingerprint density at radius 1 is 0.327 bits per heavy atom. The molecule has 0 spiro atoms. The van der Waals surface area contributed by atoms with E-state index in [2.05, 4.69) is 159 Å². The van der Waals surface area contributed by atoms with Crippen molar-refractivity contribution in [3.63, 3.8) is 0 Å². The normalized spacial score (nSPS) is 13.4. The van der Waals surface area contributed by atoms with E-state index < -0.39 is 0 Å². The lowest BCUT2D eigenvalue weighted by atomic mass is 9.77. The van der Waals surface area contributed by atoms with Crippen LogP contribution in [0.2, 0.25) is 0 Å². The second-order valence-electron chi connectivity index (χ2n) is 15.6. The van der Waals surface area contributed by atoms with Gasteiger partial charge in [-0.05, 0) is 120 Å². The molecule has 9 aromatic carbocycles. The van der Waals surface area contributed by atoms with E-state index in [-0.39, 0.29) is 5.41 Å². The summed E-state index contributed by atoms with van der Waals surface area (Å²) < 4.78 is 12.8. The molecule has 12 rings (SSSR count). The Hall–Kier alpha value is -6.90. The lowest BCUT2D eigenvalue weighted by Crippen LogP contribution is -2.16. The predicted molar refractivity (Wildman–Crippen MR) is 230 cm³/mol. The Morgan fingerprint density at radius 3 is 1.40 bits per heavy atom. The van der Waals surface area contributed by atoms with Gasteiger partial charge < -0.3 is 8.83 Å². The van der Waals surface area contributed by atoms with E-state index in [1.54, 1.807) is 0 Å². The van der Waals surface area contributed by atoms with Crippen LogP contribution in [-0.4, -0.2) is 0 Å². The Bertz CT molecular complexity index is 3240. The number of rotatable bonds is 3. The van der Waals surface area contributed by atoms with Crippen molar-refractivity contribution in [3.05, 3.63) is 181 Å².